The number of aromatic nitrogens is 2. The van der Waals surface area contributed by atoms with Crippen LogP contribution in [-0.2, 0) is 13.0 Å². The van der Waals surface area contributed by atoms with Gasteiger partial charge in [-0.05, 0) is 44.7 Å². The Morgan fingerprint density at radius 2 is 2.06 bits per heavy atom. The van der Waals surface area contributed by atoms with E-state index in [0.29, 0.717) is 0 Å². The number of hydrogen-bond donors (Lipinski definition) is 1. The molecule has 2 rings (SSSR count). The summed E-state index contributed by atoms with van der Waals surface area (Å²) in [5, 5.41) is 3.53. The van der Waals surface area contributed by atoms with Crippen molar-refractivity contribution in [3.8, 4) is 0 Å². The largest absolute Gasteiger partial charge is 0.335 e. The maximum absolute atomic E-state index is 4.54. The molecule has 0 amide bonds. The number of nitrogens with one attached hydrogen (secondary N) is 1. The summed E-state index contributed by atoms with van der Waals surface area (Å²) < 4.78 is 2.29. The van der Waals surface area contributed by atoms with E-state index in [-0.39, 0.29) is 0 Å². The van der Waals surface area contributed by atoms with Crippen molar-refractivity contribution in [3.05, 3.63) is 18.2 Å². The van der Waals surface area contributed by atoms with E-state index in [0.717, 1.165) is 31.3 Å². The zero-order valence-corrected chi connectivity index (χ0v) is 11.9. The van der Waals surface area contributed by atoms with Crippen molar-refractivity contribution in [1.82, 2.24) is 14.9 Å². The summed E-state index contributed by atoms with van der Waals surface area (Å²) in [5.74, 6) is 2.96. The lowest BCUT2D eigenvalue weighted by Crippen LogP contribution is -2.32. The van der Waals surface area contributed by atoms with Gasteiger partial charge in [-0.2, -0.15) is 0 Å². The Kier molecular flexibility index (Phi) is 5.24. The van der Waals surface area contributed by atoms with Gasteiger partial charge in [0, 0.05) is 25.4 Å². The number of hydrogen-bond acceptors (Lipinski definition) is 2. The molecule has 18 heavy (non-hydrogen) atoms. The molecule has 0 aromatic carbocycles. The van der Waals surface area contributed by atoms with Crippen LogP contribution < -0.4 is 5.32 Å². The van der Waals surface area contributed by atoms with Crippen LogP contribution in [0.2, 0.25) is 0 Å². The highest BCUT2D eigenvalue weighted by Gasteiger charge is 2.25. The van der Waals surface area contributed by atoms with Crippen molar-refractivity contribution in [2.45, 2.75) is 52.5 Å². The van der Waals surface area contributed by atoms with Crippen LogP contribution in [0.5, 0.6) is 0 Å². The minimum absolute atomic E-state index is 0.825. The summed E-state index contributed by atoms with van der Waals surface area (Å²) >= 11 is 0. The smallest absolute Gasteiger partial charge is 0.108 e. The molecule has 0 bridgehead atoms. The van der Waals surface area contributed by atoms with Crippen molar-refractivity contribution in [2.75, 3.05) is 13.1 Å². The SMILES string of the molecule is CCNCC1CCCCC1Cc1nccn1CC. The third-order valence-electron chi connectivity index (χ3n) is 4.31. The molecule has 0 saturated heterocycles. The summed E-state index contributed by atoms with van der Waals surface area (Å²) in [6.45, 7) is 7.71. The van der Waals surface area contributed by atoms with Crippen LogP contribution in [0.15, 0.2) is 12.4 Å². The summed E-state index contributed by atoms with van der Waals surface area (Å²) in [7, 11) is 0. The third-order valence-corrected chi connectivity index (χ3v) is 4.31. The van der Waals surface area contributed by atoms with Gasteiger partial charge in [0.25, 0.3) is 0 Å². The standard InChI is InChI=1S/C15H27N3/c1-3-16-12-14-8-6-5-7-13(14)11-15-17-9-10-18(15)4-2/h9-10,13-14,16H,3-8,11-12H2,1-2H3. The first-order valence-electron chi connectivity index (χ1n) is 7.55. The van der Waals surface area contributed by atoms with Crippen LogP contribution >= 0.6 is 0 Å². The molecule has 1 aromatic heterocycles. The molecule has 102 valence electrons. The predicted octanol–water partition coefficient (Wildman–Crippen LogP) is 2.86. The number of nitrogens with zero attached hydrogens (tertiary/aromatic N) is 2. The van der Waals surface area contributed by atoms with Gasteiger partial charge in [0.2, 0.25) is 0 Å². The van der Waals surface area contributed by atoms with Gasteiger partial charge >= 0.3 is 0 Å². The van der Waals surface area contributed by atoms with Gasteiger partial charge in [-0.1, -0.05) is 19.8 Å². The Balaban J connectivity index is 1.96. The molecule has 2 atom stereocenters. The summed E-state index contributed by atoms with van der Waals surface area (Å²) in [6, 6.07) is 0. The van der Waals surface area contributed by atoms with Crippen LogP contribution in [0, 0.1) is 11.8 Å². The van der Waals surface area contributed by atoms with Crippen LogP contribution in [0.25, 0.3) is 0 Å². The lowest BCUT2D eigenvalue weighted by Gasteiger charge is -2.31. The second kappa shape index (κ2) is 6.93. The molecular formula is C15H27N3. The van der Waals surface area contributed by atoms with Gasteiger partial charge < -0.3 is 9.88 Å². The van der Waals surface area contributed by atoms with Crippen molar-refractivity contribution in [1.29, 1.82) is 0 Å². The Hall–Kier alpha value is -0.830. The maximum Gasteiger partial charge on any atom is 0.108 e. The monoisotopic (exact) mass is 249 g/mol. The second-order valence-corrected chi connectivity index (χ2v) is 5.45. The van der Waals surface area contributed by atoms with Crippen LogP contribution in [0.1, 0.15) is 45.4 Å². The highest BCUT2D eigenvalue weighted by Crippen LogP contribution is 2.31. The lowest BCUT2D eigenvalue weighted by atomic mass is 9.77. The van der Waals surface area contributed by atoms with E-state index < -0.39 is 0 Å². The van der Waals surface area contributed by atoms with Crippen LogP contribution in [0.4, 0.5) is 0 Å². The second-order valence-electron chi connectivity index (χ2n) is 5.45. The number of imidazole rings is 1. The number of aryl methyl sites for hydroxylation is 1. The van der Waals surface area contributed by atoms with Gasteiger partial charge in [-0.15, -0.1) is 0 Å². The van der Waals surface area contributed by atoms with Gasteiger partial charge in [0.15, 0.2) is 0 Å². The van der Waals surface area contributed by atoms with Gasteiger partial charge in [0.05, 0.1) is 0 Å². The van der Waals surface area contributed by atoms with Crippen LogP contribution in [-0.4, -0.2) is 22.6 Å². The molecule has 3 nitrogen and oxygen atoms in total. The Morgan fingerprint density at radius 1 is 1.28 bits per heavy atom. The zero-order chi connectivity index (χ0) is 12.8. The quantitative estimate of drug-likeness (QED) is 0.840. The summed E-state index contributed by atoms with van der Waals surface area (Å²) in [4.78, 5) is 4.54. The van der Waals surface area contributed by atoms with Crippen molar-refractivity contribution >= 4 is 0 Å². The van der Waals surface area contributed by atoms with Crippen molar-refractivity contribution in [3.63, 3.8) is 0 Å². The third kappa shape index (κ3) is 3.35. The first-order valence-corrected chi connectivity index (χ1v) is 7.55. The van der Waals surface area contributed by atoms with Gasteiger partial charge in [-0.25, -0.2) is 4.98 Å². The Morgan fingerprint density at radius 3 is 2.78 bits per heavy atom. The number of rotatable bonds is 6. The van der Waals surface area contributed by atoms with E-state index in [1.165, 1.54) is 38.1 Å². The van der Waals surface area contributed by atoms with E-state index in [1.54, 1.807) is 0 Å². The molecular weight excluding hydrogens is 222 g/mol. The fraction of sp³-hybridized carbons (Fsp3) is 0.800. The van der Waals surface area contributed by atoms with E-state index >= 15 is 0 Å². The fourth-order valence-corrected chi connectivity index (χ4v) is 3.20. The zero-order valence-electron chi connectivity index (χ0n) is 11.9. The summed E-state index contributed by atoms with van der Waals surface area (Å²) in [6.07, 6.45) is 10.8. The molecule has 1 heterocycles. The molecule has 2 unspecified atom stereocenters. The van der Waals surface area contributed by atoms with Crippen molar-refractivity contribution in [2.24, 2.45) is 11.8 Å². The highest BCUT2D eigenvalue weighted by atomic mass is 15.1. The molecule has 1 N–H and O–H groups in total. The van der Waals surface area contributed by atoms with Gasteiger partial charge in [-0.3, -0.25) is 0 Å². The van der Waals surface area contributed by atoms with E-state index in [2.05, 4.69) is 34.9 Å². The first-order chi connectivity index (χ1) is 8.85. The minimum atomic E-state index is 0.825. The topological polar surface area (TPSA) is 29.9 Å². The summed E-state index contributed by atoms with van der Waals surface area (Å²) in [5.41, 5.74) is 0. The molecule has 0 aliphatic heterocycles. The molecule has 1 aromatic rings. The molecule has 3 heteroatoms. The lowest BCUT2D eigenvalue weighted by molar-refractivity contribution is 0.225. The molecule has 0 radical (unpaired) electrons. The average Bonchev–Trinajstić information content (AvgIpc) is 2.85. The van der Waals surface area contributed by atoms with E-state index in [1.807, 2.05) is 6.20 Å². The minimum Gasteiger partial charge on any atom is -0.335 e. The normalized spacial score (nSPS) is 24.3. The molecule has 1 fully saturated rings. The van der Waals surface area contributed by atoms with Crippen LogP contribution in [0.3, 0.4) is 0 Å². The fourth-order valence-electron chi connectivity index (χ4n) is 3.20. The maximum atomic E-state index is 4.54. The molecule has 1 aliphatic carbocycles. The van der Waals surface area contributed by atoms with E-state index in [4.69, 9.17) is 0 Å². The molecule has 0 spiro atoms. The van der Waals surface area contributed by atoms with Crippen molar-refractivity contribution < 1.29 is 0 Å². The molecule has 1 saturated carbocycles. The van der Waals surface area contributed by atoms with Gasteiger partial charge in [0.1, 0.15) is 5.82 Å². The Labute approximate surface area is 111 Å². The highest BCUT2D eigenvalue weighted by molar-refractivity contribution is 4.95. The Bertz CT molecular complexity index is 345. The van der Waals surface area contributed by atoms with E-state index in [9.17, 15) is 0 Å². The first kappa shape index (κ1) is 13.6. The average molecular weight is 249 g/mol. The molecule has 1 aliphatic rings. The predicted molar refractivity (Wildman–Crippen MR) is 75.6 cm³/mol.